The third-order valence-electron chi connectivity index (χ3n) is 4.80. The van der Waals surface area contributed by atoms with E-state index < -0.39 is 0 Å². The van der Waals surface area contributed by atoms with Crippen LogP contribution in [0, 0.1) is 5.92 Å². The van der Waals surface area contributed by atoms with E-state index in [9.17, 15) is 0 Å². The lowest BCUT2D eigenvalue weighted by molar-refractivity contribution is 0.114. The molecule has 2 heteroatoms. The van der Waals surface area contributed by atoms with Gasteiger partial charge in [-0.05, 0) is 63.2 Å². The van der Waals surface area contributed by atoms with Crippen molar-refractivity contribution in [3.8, 4) is 0 Å². The van der Waals surface area contributed by atoms with Crippen molar-refractivity contribution < 1.29 is 0 Å². The van der Waals surface area contributed by atoms with Crippen molar-refractivity contribution in [2.45, 2.75) is 38.1 Å². The summed E-state index contributed by atoms with van der Waals surface area (Å²) in [5.74, 6) is 0.898. The van der Waals surface area contributed by atoms with Gasteiger partial charge in [-0.15, -0.1) is 0 Å². The van der Waals surface area contributed by atoms with E-state index in [1.807, 2.05) is 0 Å². The lowest BCUT2D eigenvalue weighted by Gasteiger charge is -2.39. The van der Waals surface area contributed by atoms with Gasteiger partial charge in [0, 0.05) is 12.6 Å². The first kappa shape index (κ1) is 13.1. The number of nitrogens with one attached hydrogen (secondary N) is 1. The summed E-state index contributed by atoms with van der Waals surface area (Å²) in [5.41, 5.74) is 1.51. The molecule has 0 aromatic heterocycles. The van der Waals surface area contributed by atoms with Crippen molar-refractivity contribution in [2.75, 3.05) is 26.2 Å². The summed E-state index contributed by atoms with van der Waals surface area (Å²) in [6.45, 7) is 5.05. The molecule has 2 aliphatic heterocycles. The molecule has 3 rings (SSSR count). The van der Waals surface area contributed by atoms with Gasteiger partial charge in [-0.2, -0.15) is 0 Å². The summed E-state index contributed by atoms with van der Waals surface area (Å²) < 4.78 is 0. The van der Waals surface area contributed by atoms with E-state index in [1.165, 1.54) is 63.8 Å². The Morgan fingerprint density at radius 1 is 1.05 bits per heavy atom. The highest BCUT2D eigenvalue weighted by molar-refractivity contribution is 5.15. The second kappa shape index (κ2) is 6.53. The van der Waals surface area contributed by atoms with Crippen LogP contribution in [0.2, 0.25) is 0 Å². The molecule has 2 aliphatic rings. The third-order valence-corrected chi connectivity index (χ3v) is 4.80. The standard InChI is InChI=1S/C17H26N2/c1-2-5-15(6-3-1)13-16-8-11-19(12-9-16)17-7-4-10-18-14-17/h1-3,5-6,16-18H,4,7-14H2. The first-order valence-electron chi connectivity index (χ1n) is 7.90. The van der Waals surface area contributed by atoms with Crippen LogP contribution in [0.3, 0.4) is 0 Å². The summed E-state index contributed by atoms with van der Waals surface area (Å²) in [6.07, 6.45) is 6.79. The van der Waals surface area contributed by atoms with Gasteiger partial charge in [-0.3, -0.25) is 4.90 Å². The maximum Gasteiger partial charge on any atom is 0.0221 e. The van der Waals surface area contributed by atoms with E-state index in [4.69, 9.17) is 0 Å². The van der Waals surface area contributed by atoms with Gasteiger partial charge in [0.15, 0.2) is 0 Å². The Balaban J connectivity index is 1.46. The van der Waals surface area contributed by atoms with Crippen LogP contribution in [0.25, 0.3) is 0 Å². The molecule has 2 nitrogen and oxygen atoms in total. The fourth-order valence-corrected chi connectivity index (χ4v) is 3.61. The van der Waals surface area contributed by atoms with Gasteiger partial charge >= 0.3 is 0 Å². The zero-order chi connectivity index (χ0) is 12.9. The van der Waals surface area contributed by atoms with Crippen LogP contribution in [-0.4, -0.2) is 37.1 Å². The van der Waals surface area contributed by atoms with Crippen molar-refractivity contribution in [3.63, 3.8) is 0 Å². The Kier molecular flexibility index (Phi) is 4.52. The van der Waals surface area contributed by atoms with Crippen molar-refractivity contribution in [3.05, 3.63) is 35.9 Å². The number of benzene rings is 1. The molecule has 0 saturated carbocycles. The molecule has 0 bridgehead atoms. The fourth-order valence-electron chi connectivity index (χ4n) is 3.61. The normalized spacial score (nSPS) is 26.4. The van der Waals surface area contributed by atoms with Crippen molar-refractivity contribution in [1.82, 2.24) is 10.2 Å². The lowest BCUT2D eigenvalue weighted by atomic mass is 9.89. The Morgan fingerprint density at radius 3 is 2.53 bits per heavy atom. The molecule has 2 fully saturated rings. The van der Waals surface area contributed by atoms with Gasteiger partial charge in [0.25, 0.3) is 0 Å². The van der Waals surface area contributed by atoms with Crippen LogP contribution in [-0.2, 0) is 6.42 Å². The molecule has 2 saturated heterocycles. The molecular weight excluding hydrogens is 232 g/mol. The summed E-state index contributed by atoms with van der Waals surface area (Å²) in [7, 11) is 0. The van der Waals surface area contributed by atoms with Crippen LogP contribution in [0.15, 0.2) is 30.3 Å². The monoisotopic (exact) mass is 258 g/mol. The molecule has 0 amide bonds. The quantitative estimate of drug-likeness (QED) is 0.897. The Bertz CT molecular complexity index is 362. The molecule has 0 radical (unpaired) electrons. The summed E-state index contributed by atoms with van der Waals surface area (Å²) in [4.78, 5) is 2.73. The maximum absolute atomic E-state index is 3.54. The summed E-state index contributed by atoms with van der Waals surface area (Å²) in [6, 6.07) is 11.8. The molecule has 1 N–H and O–H groups in total. The van der Waals surface area contributed by atoms with Gasteiger partial charge < -0.3 is 5.32 Å². The van der Waals surface area contributed by atoms with E-state index in [1.54, 1.807) is 0 Å². The SMILES string of the molecule is c1ccc(CC2CCN(C3CCCNC3)CC2)cc1. The zero-order valence-electron chi connectivity index (χ0n) is 11.9. The van der Waals surface area contributed by atoms with Crippen LogP contribution in [0.5, 0.6) is 0 Å². The average molecular weight is 258 g/mol. The van der Waals surface area contributed by atoms with E-state index >= 15 is 0 Å². The lowest BCUT2D eigenvalue weighted by Crippen LogP contribution is -2.49. The number of hydrogen-bond donors (Lipinski definition) is 1. The van der Waals surface area contributed by atoms with E-state index in [0.717, 1.165) is 12.0 Å². The highest BCUT2D eigenvalue weighted by Gasteiger charge is 2.25. The highest BCUT2D eigenvalue weighted by Crippen LogP contribution is 2.24. The topological polar surface area (TPSA) is 15.3 Å². The van der Waals surface area contributed by atoms with Gasteiger partial charge in [-0.25, -0.2) is 0 Å². The highest BCUT2D eigenvalue weighted by atomic mass is 15.2. The van der Waals surface area contributed by atoms with Crippen LogP contribution in [0.4, 0.5) is 0 Å². The molecule has 19 heavy (non-hydrogen) atoms. The molecule has 104 valence electrons. The minimum atomic E-state index is 0.812. The van der Waals surface area contributed by atoms with E-state index in [-0.39, 0.29) is 0 Å². The molecule has 2 heterocycles. The average Bonchev–Trinajstić information content (AvgIpc) is 2.50. The van der Waals surface area contributed by atoms with E-state index in [2.05, 4.69) is 40.5 Å². The Morgan fingerprint density at radius 2 is 1.84 bits per heavy atom. The minimum Gasteiger partial charge on any atom is -0.315 e. The summed E-state index contributed by atoms with van der Waals surface area (Å²) in [5, 5.41) is 3.54. The second-order valence-corrected chi connectivity index (χ2v) is 6.17. The number of hydrogen-bond acceptors (Lipinski definition) is 2. The molecule has 1 aromatic rings. The van der Waals surface area contributed by atoms with Crippen LogP contribution < -0.4 is 5.32 Å². The van der Waals surface area contributed by atoms with Crippen LogP contribution in [0.1, 0.15) is 31.2 Å². The van der Waals surface area contributed by atoms with Gasteiger partial charge in [0.1, 0.15) is 0 Å². The first-order valence-corrected chi connectivity index (χ1v) is 7.90. The predicted octanol–water partition coefficient (Wildman–Crippen LogP) is 2.69. The molecular formula is C17H26N2. The van der Waals surface area contributed by atoms with Crippen molar-refractivity contribution in [1.29, 1.82) is 0 Å². The van der Waals surface area contributed by atoms with Crippen molar-refractivity contribution >= 4 is 0 Å². The number of nitrogens with zero attached hydrogens (tertiary/aromatic N) is 1. The maximum atomic E-state index is 3.54. The number of piperidine rings is 2. The largest absolute Gasteiger partial charge is 0.315 e. The fraction of sp³-hybridized carbons (Fsp3) is 0.647. The molecule has 0 aliphatic carbocycles. The van der Waals surface area contributed by atoms with Gasteiger partial charge in [0.05, 0.1) is 0 Å². The minimum absolute atomic E-state index is 0.812. The number of likely N-dealkylation sites (tertiary alicyclic amines) is 1. The smallest absolute Gasteiger partial charge is 0.0221 e. The first-order chi connectivity index (χ1) is 9.42. The molecule has 1 unspecified atom stereocenters. The second-order valence-electron chi connectivity index (χ2n) is 6.17. The molecule has 1 atom stereocenters. The van der Waals surface area contributed by atoms with E-state index in [0.29, 0.717) is 0 Å². The molecule has 0 spiro atoms. The van der Waals surface area contributed by atoms with Crippen LogP contribution >= 0.6 is 0 Å². The zero-order valence-corrected chi connectivity index (χ0v) is 11.9. The van der Waals surface area contributed by atoms with Crippen molar-refractivity contribution in [2.24, 2.45) is 5.92 Å². The predicted molar refractivity (Wildman–Crippen MR) is 80.3 cm³/mol. The Labute approximate surface area is 117 Å². The summed E-state index contributed by atoms with van der Waals surface area (Å²) >= 11 is 0. The molecule has 1 aromatic carbocycles. The van der Waals surface area contributed by atoms with Gasteiger partial charge in [0.2, 0.25) is 0 Å². The third kappa shape index (κ3) is 3.58. The van der Waals surface area contributed by atoms with Gasteiger partial charge in [-0.1, -0.05) is 30.3 Å². The number of rotatable bonds is 3. The Hall–Kier alpha value is -0.860.